The third-order valence-corrected chi connectivity index (χ3v) is 6.94. The molecule has 1 fully saturated rings. The van der Waals surface area contributed by atoms with E-state index in [9.17, 15) is 31.5 Å². The van der Waals surface area contributed by atoms with E-state index in [0.717, 1.165) is 25.7 Å². The Balaban J connectivity index is 1.64. The summed E-state index contributed by atoms with van der Waals surface area (Å²) in [7, 11) is -3.50. The Kier molecular flexibility index (Phi) is 7.06. The molecule has 2 aromatic carbocycles. The van der Waals surface area contributed by atoms with Gasteiger partial charge in [-0.05, 0) is 61.9 Å². The van der Waals surface area contributed by atoms with Crippen LogP contribution in [-0.2, 0) is 26.8 Å². The van der Waals surface area contributed by atoms with Gasteiger partial charge in [-0.3, -0.25) is 9.52 Å². The summed E-state index contributed by atoms with van der Waals surface area (Å²) in [5.41, 5.74) is 0.399. The molecule has 0 heterocycles. The van der Waals surface area contributed by atoms with Gasteiger partial charge in [0.05, 0.1) is 30.0 Å². The zero-order valence-electron chi connectivity index (χ0n) is 19.4. The lowest BCUT2D eigenvalue weighted by Crippen LogP contribution is -2.36. The molecule has 1 saturated carbocycles. The molecule has 3 unspecified atom stereocenters. The van der Waals surface area contributed by atoms with Crippen molar-refractivity contribution >= 4 is 21.6 Å². The number of carbonyl (C=O) groups is 1. The predicted octanol–water partition coefficient (Wildman–Crippen LogP) is 4.37. The van der Waals surface area contributed by atoms with Crippen LogP contribution in [-0.4, -0.2) is 31.9 Å². The zero-order valence-corrected chi connectivity index (χ0v) is 20.2. The van der Waals surface area contributed by atoms with Gasteiger partial charge in [-0.2, -0.15) is 13.2 Å². The molecule has 0 radical (unpaired) electrons. The van der Waals surface area contributed by atoms with Crippen LogP contribution >= 0.6 is 0 Å². The van der Waals surface area contributed by atoms with Crippen molar-refractivity contribution in [3.05, 3.63) is 64.7 Å². The quantitative estimate of drug-likeness (QED) is 0.504. The van der Waals surface area contributed by atoms with Crippen LogP contribution in [0, 0.1) is 5.92 Å². The molecule has 3 rings (SSSR count). The highest BCUT2D eigenvalue weighted by molar-refractivity contribution is 7.92. The third kappa shape index (κ3) is 5.72. The van der Waals surface area contributed by atoms with Crippen molar-refractivity contribution in [2.75, 3.05) is 11.0 Å². The lowest BCUT2D eigenvalue weighted by molar-refractivity contribution is -0.180. The van der Waals surface area contributed by atoms with Crippen molar-refractivity contribution in [2.45, 2.75) is 57.3 Å². The molecule has 2 aromatic rings. The van der Waals surface area contributed by atoms with E-state index >= 15 is 0 Å². The minimum Gasteiger partial charge on any atom is -0.392 e. The molecule has 0 aliphatic heterocycles. The molecule has 0 aromatic heterocycles. The molecular formula is C24H29F3N2O4S. The standard InChI is InChI=1S/C24H29F3N2O4S/c1-14(16-7-10-21(17(11-16)13-30)29-34(4,32)33)28-22(31)20-12-19(20)15-5-8-18(9-6-15)23(2,3)24(25,26)27/h5-11,14,19-20,29-30H,12-13H2,1-4H3,(H,28,31). The number of amides is 1. The van der Waals surface area contributed by atoms with Gasteiger partial charge in [0, 0.05) is 11.5 Å². The first kappa shape index (κ1) is 26.0. The van der Waals surface area contributed by atoms with Crippen molar-refractivity contribution < 1.29 is 31.5 Å². The van der Waals surface area contributed by atoms with Gasteiger partial charge in [0.2, 0.25) is 15.9 Å². The zero-order chi connectivity index (χ0) is 25.5. The van der Waals surface area contributed by atoms with Crippen molar-refractivity contribution in [1.82, 2.24) is 5.32 Å². The molecule has 0 spiro atoms. The first-order chi connectivity index (χ1) is 15.6. The number of halogens is 3. The van der Waals surface area contributed by atoms with E-state index in [1.807, 2.05) is 0 Å². The Labute approximate surface area is 197 Å². The molecule has 34 heavy (non-hydrogen) atoms. The number of alkyl halides is 3. The van der Waals surface area contributed by atoms with E-state index in [4.69, 9.17) is 0 Å². The van der Waals surface area contributed by atoms with E-state index in [1.54, 1.807) is 31.2 Å². The van der Waals surface area contributed by atoms with Gasteiger partial charge in [0.25, 0.3) is 0 Å². The summed E-state index contributed by atoms with van der Waals surface area (Å²) in [6.45, 7) is 3.69. The lowest BCUT2D eigenvalue weighted by Gasteiger charge is -2.28. The Morgan fingerprint density at radius 1 is 1.15 bits per heavy atom. The Morgan fingerprint density at radius 3 is 2.29 bits per heavy atom. The van der Waals surface area contributed by atoms with E-state index in [2.05, 4.69) is 10.0 Å². The van der Waals surface area contributed by atoms with Crippen molar-refractivity contribution in [3.63, 3.8) is 0 Å². The fourth-order valence-corrected chi connectivity index (χ4v) is 4.48. The maximum Gasteiger partial charge on any atom is 0.397 e. The minimum absolute atomic E-state index is 0.0513. The number of carbonyl (C=O) groups excluding carboxylic acids is 1. The van der Waals surface area contributed by atoms with E-state index in [1.165, 1.54) is 18.2 Å². The normalized spacial score (nSPS) is 19.4. The maximum atomic E-state index is 13.3. The van der Waals surface area contributed by atoms with Crippen molar-refractivity contribution in [2.24, 2.45) is 5.92 Å². The average Bonchev–Trinajstić information content (AvgIpc) is 3.53. The van der Waals surface area contributed by atoms with E-state index in [-0.39, 0.29) is 41.6 Å². The van der Waals surface area contributed by atoms with Crippen LogP contribution in [0.5, 0.6) is 0 Å². The highest BCUT2D eigenvalue weighted by Gasteiger charge is 2.49. The third-order valence-electron chi connectivity index (χ3n) is 6.35. The Bertz CT molecular complexity index is 1160. The number of anilines is 1. The van der Waals surface area contributed by atoms with Crippen molar-refractivity contribution in [3.8, 4) is 0 Å². The van der Waals surface area contributed by atoms with Crippen molar-refractivity contribution in [1.29, 1.82) is 0 Å². The molecule has 6 nitrogen and oxygen atoms in total. The molecule has 3 atom stereocenters. The van der Waals surface area contributed by atoms with Crippen LogP contribution in [0.4, 0.5) is 18.9 Å². The Hall–Kier alpha value is -2.59. The molecule has 1 amide bonds. The fourth-order valence-electron chi connectivity index (χ4n) is 3.88. The molecule has 1 aliphatic carbocycles. The van der Waals surface area contributed by atoms with Gasteiger partial charge < -0.3 is 10.4 Å². The molecular weight excluding hydrogens is 469 g/mol. The second-order valence-electron chi connectivity index (χ2n) is 9.37. The summed E-state index contributed by atoms with van der Waals surface area (Å²) < 4.78 is 65.1. The number of benzene rings is 2. The van der Waals surface area contributed by atoms with E-state index < -0.39 is 21.6 Å². The number of sulfonamides is 1. The van der Waals surface area contributed by atoms with E-state index in [0.29, 0.717) is 17.5 Å². The lowest BCUT2D eigenvalue weighted by atomic mass is 9.83. The van der Waals surface area contributed by atoms with Gasteiger partial charge >= 0.3 is 6.18 Å². The second-order valence-corrected chi connectivity index (χ2v) is 11.1. The number of rotatable bonds is 8. The number of aliphatic hydroxyl groups excluding tert-OH is 1. The highest BCUT2D eigenvalue weighted by atomic mass is 32.2. The monoisotopic (exact) mass is 498 g/mol. The van der Waals surface area contributed by atoms with Gasteiger partial charge in [-0.25, -0.2) is 8.42 Å². The minimum atomic E-state index is -4.36. The summed E-state index contributed by atoms with van der Waals surface area (Å²) in [6.07, 6.45) is -2.73. The second kappa shape index (κ2) is 9.22. The van der Waals surface area contributed by atoms with Gasteiger partial charge in [0.15, 0.2) is 0 Å². The van der Waals surface area contributed by atoms with Crippen LogP contribution in [0.3, 0.4) is 0 Å². The van der Waals surface area contributed by atoms with Gasteiger partial charge in [-0.1, -0.05) is 30.3 Å². The SMILES string of the molecule is CC(NC(=O)C1CC1c1ccc(C(C)(C)C(F)(F)F)cc1)c1ccc(NS(C)(=O)=O)c(CO)c1. The first-order valence-corrected chi connectivity index (χ1v) is 12.7. The first-order valence-electron chi connectivity index (χ1n) is 10.8. The largest absolute Gasteiger partial charge is 0.397 e. The summed E-state index contributed by atoms with van der Waals surface area (Å²) >= 11 is 0. The highest BCUT2D eigenvalue weighted by Crippen LogP contribution is 2.48. The van der Waals surface area contributed by atoms with Crippen LogP contribution in [0.2, 0.25) is 0 Å². The molecule has 3 N–H and O–H groups in total. The number of nitrogens with one attached hydrogen (secondary N) is 2. The summed E-state index contributed by atoms with van der Waals surface area (Å²) in [5.74, 6) is -0.488. The van der Waals surface area contributed by atoms with Gasteiger partial charge in [-0.15, -0.1) is 0 Å². The summed E-state index contributed by atoms with van der Waals surface area (Å²) in [5, 5.41) is 12.5. The fraction of sp³-hybridized carbons (Fsp3) is 0.458. The Morgan fingerprint density at radius 2 is 1.76 bits per heavy atom. The topological polar surface area (TPSA) is 95.5 Å². The van der Waals surface area contributed by atoms with Crippen LogP contribution < -0.4 is 10.0 Å². The van der Waals surface area contributed by atoms with Crippen LogP contribution in [0.25, 0.3) is 0 Å². The molecule has 186 valence electrons. The smallest absolute Gasteiger partial charge is 0.392 e. The predicted molar refractivity (Wildman–Crippen MR) is 124 cm³/mol. The average molecular weight is 499 g/mol. The number of aliphatic hydroxyl groups is 1. The number of hydrogen-bond acceptors (Lipinski definition) is 4. The van der Waals surface area contributed by atoms with Gasteiger partial charge in [0.1, 0.15) is 0 Å². The molecule has 0 saturated heterocycles. The molecule has 1 aliphatic rings. The van der Waals surface area contributed by atoms with Crippen LogP contribution in [0.1, 0.15) is 61.4 Å². The number of hydrogen-bond donors (Lipinski definition) is 3. The van der Waals surface area contributed by atoms with Crippen LogP contribution in [0.15, 0.2) is 42.5 Å². The summed E-state index contributed by atoms with van der Waals surface area (Å²) in [4.78, 5) is 12.7. The molecule has 0 bridgehead atoms. The summed E-state index contributed by atoms with van der Waals surface area (Å²) in [6, 6.07) is 10.7. The molecule has 10 heteroatoms. The maximum absolute atomic E-state index is 13.3.